The van der Waals surface area contributed by atoms with Gasteiger partial charge in [0.25, 0.3) is 0 Å². The van der Waals surface area contributed by atoms with Gasteiger partial charge in [-0.15, -0.1) is 0 Å². The van der Waals surface area contributed by atoms with Gasteiger partial charge in [0, 0.05) is 34.2 Å². The molecule has 0 saturated carbocycles. The van der Waals surface area contributed by atoms with E-state index in [1.165, 1.54) is 5.56 Å². The Kier molecular flexibility index (Phi) is 8.98. The zero-order valence-electron chi connectivity index (χ0n) is 27.3. The SMILES string of the molecule is CC(=NCC(C)(C)N=Cc1cc(-c2ccccc2)cc(C(C)(C)C)c1O)c1cc(C(C)(C)C)cc(C(C)(C)C)c1O. The Bertz CT molecular complexity index is 1440. The normalized spacial score (nSPS) is 13.7. The highest BCUT2D eigenvalue weighted by molar-refractivity contribution is 6.01. The first-order valence-corrected chi connectivity index (χ1v) is 14.6. The van der Waals surface area contributed by atoms with Crippen molar-refractivity contribution in [2.75, 3.05) is 6.54 Å². The number of nitrogens with zero attached hydrogens (tertiary/aromatic N) is 2. The summed E-state index contributed by atoms with van der Waals surface area (Å²) in [5, 5.41) is 22.5. The summed E-state index contributed by atoms with van der Waals surface area (Å²) in [5.74, 6) is 0.556. The number of benzene rings is 3. The highest BCUT2D eigenvalue weighted by atomic mass is 16.3. The molecule has 0 radical (unpaired) electrons. The second-order valence-electron chi connectivity index (χ2n) is 15.0. The summed E-state index contributed by atoms with van der Waals surface area (Å²) in [6.45, 7) is 25.7. The van der Waals surface area contributed by atoms with Crippen LogP contribution in [0.1, 0.15) is 111 Å². The van der Waals surface area contributed by atoms with E-state index < -0.39 is 5.54 Å². The van der Waals surface area contributed by atoms with Gasteiger partial charge < -0.3 is 10.2 Å². The average Bonchev–Trinajstić information content (AvgIpc) is 2.85. The van der Waals surface area contributed by atoms with Crippen LogP contribution in [0.5, 0.6) is 11.5 Å². The molecule has 0 heterocycles. The Morgan fingerprint density at radius 3 is 1.78 bits per heavy atom. The van der Waals surface area contributed by atoms with Crippen LogP contribution in [0.4, 0.5) is 0 Å². The average molecular weight is 555 g/mol. The van der Waals surface area contributed by atoms with Crippen LogP contribution in [-0.2, 0) is 16.2 Å². The predicted octanol–water partition coefficient (Wildman–Crippen LogP) is 9.36. The van der Waals surface area contributed by atoms with Gasteiger partial charge in [-0.1, -0.05) is 98.7 Å². The Morgan fingerprint density at radius 1 is 0.683 bits per heavy atom. The Morgan fingerprint density at radius 2 is 1.24 bits per heavy atom. The molecule has 0 aliphatic heterocycles. The molecule has 0 aromatic heterocycles. The third-order valence-electron chi connectivity index (χ3n) is 7.48. The van der Waals surface area contributed by atoms with E-state index in [4.69, 9.17) is 9.98 Å². The quantitative estimate of drug-likeness (QED) is 0.298. The molecule has 3 aromatic carbocycles. The van der Waals surface area contributed by atoms with E-state index in [9.17, 15) is 10.2 Å². The molecule has 0 aliphatic rings. The molecule has 4 heteroatoms. The van der Waals surface area contributed by atoms with E-state index in [1.54, 1.807) is 6.21 Å². The van der Waals surface area contributed by atoms with Gasteiger partial charge in [0.2, 0.25) is 0 Å². The zero-order chi connectivity index (χ0) is 31.0. The fraction of sp³-hybridized carbons (Fsp3) is 0.459. The van der Waals surface area contributed by atoms with E-state index in [1.807, 2.05) is 45.0 Å². The summed E-state index contributed by atoms with van der Waals surface area (Å²) in [6, 6.07) is 18.5. The molecule has 0 fully saturated rings. The van der Waals surface area contributed by atoms with Crippen molar-refractivity contribution in [2.45, 2.75) is 105 Å². The van der Waals surface area contributed by atoms with Crippen molar-refractivity contribution in [2.24, 2.45) is 9.98 Å². The first-order chi connectivity index (χ1) is 18.7. The first kappa shape index (κ1) is 32.1. The van der Waals surface area contributed by atoms with Crippen LogP contribution in [0.25, 0.3) is 11.1 Å². The van der Waals surface area contributed by atoms with E-state index in [0.717, 1.165) is 33.5 Å². The van der Waals surface area contributed by atoms with Crippen molar-refractivity contribution in [1.82, 2.24) is 0 Å². The number of rotatable bonds is 6. The maximum Gasteiger partial charge on any atom is 0.128 e. The Hall–Kier alpha value is -3.40. The van der Waals surface area contributed by atoms with Crippen LogP contribution < -0.4 is 0 Å². The van der Waals surface area contributed by atoms with Crippen LogP contribution in [0.2, 0.25) is 0 Å². The van der Waals surface area contributed by atoms with Crippen LogP contribution in [0, 0.1) is 0 Å². The minimum atomic E-state index is -0.525. The van der Waals surface area contributed by atoms with Gasteiger partial charge in [-0.25, -0.2) is 0 Å². The van der Waals surface area contributed by atoms with Gasteiger partial charge in [-0.3, -0.25) is 9.98 Å². The second-order valence-corrected chi connectivity index (χ2v) is 15.0. The number of hydrogen-bond acceptors (Lipinski definition) is 4. The molecule has 0 aliphatic carbocycles. The fourth-order valence-electron chi connectivity index (χ4n) is 4.72. The summed E-state index contributed by atoms with van der Waals surface area (Å²) in [4.78, 5) is 9.80. The number of phenols is 2. The lowest BCUT2D eigenvalue weighted by Crippen LogP contribution is -2.23. The van der Waals surface area contributed by atoms with Crippen molar-refractivity contribution in [3.05, 3.63) is 82.4 Å². The second kappa shape index (κ2) is 11.5. The summed E-state index contributed by atoms with van der Waals surface area (Å²) >= 11 is 0. The molecule has 0 amide bonds. The lowest BCUT2D eigenvalue weighted by atomic mass is 9.78. The van der Waals surface area contributed by atoms with E-state index in [2.05, 4.69) is 92.6 Å². The molecule has 3 aromatic rings. The lowest BCUT2D eigenvalue weighted by Gasteiger charge is -2.27. The van der Waals surface area contributed by atoms with Crippen molar-refractivity contribution < 1.29 is 10.2 Å². The van der Waals surface area contributed by atoms with Gasteiger partial charge in [0.15, 0.2) is 0 Å². The van der Waals surface area contributed by atoms with E-state index in [-0.39, 0.29) is 22.0 Å². The Labute approximate surface area is 248 Å². The van der Waals surface area contributed by atoms with Crippen molar-refractivity contribution in [3.8, 4) is 22.6 Å². The van der Waals surface area contributed by atoms with Gasteiger partial charge in [-0.2, -0.15) is 0 Å². The van der Waals surface area contributed by atoms with Gasteiger partial charge in [0.05, 0.1) is 12.1 Å². The molecule has 41 heavy (non-hydrogen) atoms. The molecule has 0 spiro atoms. The largest absolute Gasteiger partial charge is 0.507 e. The minimum absolute atomic E-state index is 0.0610. The summed E-state index contributed by atoms with van der Waals surface area (Å²) in [6.07, 6.45) is 1.78. The van der Waals surface area contributed by atoms with Crippen molar-refractivity contribution in [3.63, 3.8) is 0 Å². The third-order valence-corrected chi connectivity index (χ3v) is 7.48. The topological polar surface area (TPSA) is 65.2 Å². The molecule has 3 rings (SSSR count). The van der Waals surface area contributed by atoms with Crippen molar-refractivity contribution in [1.29, 1.82) is 0 Å². The van der Waals surface area contributed by atoms with Crippen LogP contribution >= 0.6 is 0 Å². The standard InChI is InChI=1S/C37H50N2O2/c1-24(29-20-28(34(2,3)4)21-31(33(29)41)36(8,9)10)38-23-37(11,12)39-22-27-18-26(25-16-14-13-15-17-25)19-30(32(27)40)35(5,6)7/h13-22,40-41H,23H2,1-12H3. The van der Waals surface area contributed by atoms with Gasteiger partial charge in [-0.05, 0) is 71.9 Å². The van der Waals surface area contributed by atoms with E-state index in [0.29, 0.717) is 17.9 Å². The fourth-order valence-corrected chi connectivity index (χ4v) is 4.72. The summed E-state index contributed by atoms with van der Waals surface area (Å²) < 4.78 is 0. The van der Waals surface area contributed by atoms with Crippen LogP contribution in [0.15, 0.2) is 64.6 Å². The van der Waals surface area contributed by atoms with Crippen molar-refractivity contribution >= 4 is 11.9 Å². The number of aromatic hydroxyl groups is 2. The minimum Gasteiger partial charge on any atom is -0.507 e. The molecule has 2 N–H and O–H groups in total. The lowest BCUT2D eigenvalue weighted by molar-refractivity contribution is 0.443. The molecular weight excluding hydrogens is 504 g/mol. The zero-order valence-corrected chi connectivity index (χ0v) is 27.3. The number of hydrogen-bond donors (Lipinski definition) is 2. The molecule has 0 atom stereocenters. The van der Waals surface area contributed by atoms with Gasteiger partial charge in [0.1, 0.15) is 11.5 Å². The number of aliphatic imine (C=N–C) groups is 2. The first-order valence-electron chi connectivity index (χ1n) is 14.6. The van der Waals surface area contributed by atoms with E-state index >= 15 is 0 Å². The molecular formula is C37H50N2O2. The molecule has 0 bridgehead atoms. The molecule has 220 valence electrons. The molecule has 0 unspecified atom stereocenters. The third kappa shape index (κ3) is 7.87. The summed E-state index contributed by atoms with van der Waals surface area (Å²) in [7, 11) is 0. The van der Waals surface area contributed by atoms with Crippen LogP contribution in [-0.4, -0.2) is 34.2 Å². The van der Waals surface area contributed by atoms with Gasteiger partial charge >= 0.3 is 0 Å². The maximum absolute atomic E-state index is 11.3. The Balaban J connectivity index is 1.99. The highest BCUT2D eigenvalue weighted by Gasteiger charge is 2.26. The smallest absolute Gasteiger partial charge is 0.128 e. The molecule has 0 saturated heterocycles. The predicted molar refractivity (Wildman–Crippen MR) is 177 cm³/mol. The monoisotopic (exact) mass is 554 g/mol. The molecule has 4 nitrogen and oxygen atoms in total. The number of phenolic OH excluding ortho intramolecular Hbond substituents is 2. The summed E-state index contributed by atoms with van der Waals surface area (Å²) in [5.41, 5.74) is 6.35. The highest BCUT2D eigenvalue weighted by Crippen LogP contribution is 2.39. The van der Waals surface area contributed by atoms with Crippen LogP contribution in [0.3, 0.4) is 0 Å². The maximum atomic E-state index is 11.3.